The zero-order valence-electron chi connectivity index (χ0n) is 10.8. The fourth-order valence-electron chi connectivity index (χ4n) is 2.52. The molecular formula is C13H14N4O3. The van der Waals surface area contributed by atoms with Crippen LogP contribution in [0.3, 0.4) is 0 Å². The molecule has 20 heavy (non-hydrogen) atoms. The summed E-state index contributed by atoms with van der Waals surface area (Å²) in [6.45, 7) is 1.24. The van der Waals surface area contributed by atoms with Crippen LogP contribution in [0.2, 0.25) is 0 Å². The second-order valence-corrected chi connectivity index (χ2v) is 4.80. The highest BCUT2D eigenvalue weighted by molar-refractivity contribution is 5.91. The molecule has 0 unspecified atom stereocenters. The average Bonchev–Trinajstić information content (AvgIpc) is 3.01. The van der Waals surface area contributed by atoms with Gasteiger partial charge in [0.05, 0.1) is 6.20 Å². The monoisotopic (exact) mass is 274 g/mol. The van der Waals surface area contributed by atoms with E-state index >= 15 is 0 Å². The normalized spacial score (nSPS) is 19.0. The van der Waals surface area contributed by atoms with Crippen molar-refractivity contribution >= 4 is 5.91 Å². The minimum atomic E-state index is -0.360. The molecule has 0 radical (unpaired) electrons. The highest BCUT2D eigenvalue weighted by Crippen LogP contribution is 2.25. The van der Waals surface area contributed by atoms with Crippen molar-refractivity contribution in [3.05, 3.63) is 46.5 Å². The van der Waals surface area contributed by atoms with Crippen molar-refractivity contribution in [1.82, 2.24) is 20.0 Å². The predicted octanol–water partition coefficient (Wildman–Crippen LogP) is 0.778. The summed E-state index contributed by atoms with van der Waals surface area (Å²) in [5.41, 5.74) is 0.459. The number of H-pyrrole nitrogens is 1. The number of piperidine rings is 1. The first-order chi connectivity index (χ1) is 9.74. The van der Waals surface area contributed by atoms with E-state index in [1.54, 1.807) is 17.0 Å². The highest BCUT2D eigenvalue weighted by Gasteiger charge is 2.27. The molecule has 1 fully saturated rings. The van der Waals surface area contributed by atoms with Crippen LogP contribution in [0.4, 0.5) is 0 Å². The quantitative estimate of drug-likeness (QED) is 0.873. The van der Waals surface area contributed by atoms with Gasteiger partial charge < -0.3 is 14.4 Å². The third kappa shape index (κ3) is 2.47. The molecule has 1 aliphatic heterocycles. The Morgan fingerprint density at radius 2 is 2.30 bits per heavy atom. The number of amides is 1. The van der Waals surface area contributed by atoms with Crippen LogP contribution >= 0.6 is 0 Å². The maximum Gasteiger partial charge on any atom is 0.345 e. The molecule has 3 rings (SSSR count). The molecule has 7 nitrogen and oxygen atoms in total. The lowest BCUT2D eigenvalue weighted by Crippen LogP contribution is -2.39. The van der Waals surface area contributed by atoms with E-state index in [0.717, 1.165) is 18.5 Å². The fourth-order valence-corrected chi connectivity index (χ4v) is 2.52. The molecule has 1 aliphatic rings. The van der Waals surface area contributed by atoms with Gasteiger partial charge in [0.25, 0.3) is 5.91 Å². The van der Waals surface area contributed by atoms with Crippen molar-refractivity contribution in [1.29, 1.82) is 0 Å². The van der Waals surface area contributed by atoms with Crippen LogP contribution in [-0.4, -0.2) is 39.0 Å². The smallest absolute Gasteiger partial charge is 0.345 e. The summed E-state index contributed by atoms with van der Waals surface area (Å²) in [4.78, 5) is 31.6. The second kappa shape index (κ2) is 5.28. The summed E-state index contributed by atoms with van der Waals surface area (Å²) in [7, 11) is 0. The maximum absolute atomic E-state index is 12.2. The van der Waals surface area contributed by atoms with E-state index in [-0.39, 0.29) is 23.3 Å². The van der Waals surface area contributed by atoms with E-state index in [1.807, 2.05) is 0 Å². The van der Waals surface area contributed by atoms with Gasteiger partial charge in [-0.25, -0.2) is 9.78 Å². The number of aromatic amines is 1. The van der Waals surface area contributed by atoms with E-state index in [1.165, 1.54) is 12.4 Å². The molecule has 2 aromatic rings. The molecule has 2 aromatic heterocycles. The topological polar surface area (TPSA) is 92.1 Å². The third-order valence-corrected chi connectivity index (χ3v) is 3.49. The molecule has 1 N–H and O–H groups in total. The van der Waals surface area contributed by atoms with Crippen molar-refractivity contribution in [2.75, 3.05) is 13.1 Å². The van der Waals surface area contributed by atoms with Crippen LogP contribution in [0.1, 0.15) is 35.0 Å². The number of nitrogens with one attached hydrogen (secondary N) is 1. The predicted molar refractivity (Wildman–Crippen MR) is 69.2 cm³/mol. The Morgan fingerprint density at radius 3 is 3.05 bits per heavy atom. The second-order valence-electron chi connectivity index (χ2n) is 4.80. The van der Waals surface area contributed by atoms with E-state index < -0.39 is 0 Å². The van der Waals surface area contributed by atoms with E-state index in [4.69, 9.17) is 4.52 Å². The Bertz CT molecular complexity index is 650. The van der Waals surface area contributed by atoms with Gasteiger partial charge in [-0.15, -0.1) is 0 Å². The molecule has 3 heterocycles. The Labute approximate surface area is 114 Å². The Morgan fingerprint density at radius 1 is 1.40 bits per heavy atom. The zero-order chi connectivity index (χ0) is 13.9. The van der Waals surface area contributed by atoms with Gasteiger partial charge in [-0.2, -0.15) is 0 Å². The number of carbonyl (C=O) groups excluding carboxylic acids is 1. The standard InChI is InChI=1S/C13H14N4O3/c18-12(11-4-6-15-20-11)17-7-1-2-9(8-17)10-3-5-14-13(19)16-10/h3-6,9H,1-2,7-8H2,(H,14,16,19)/t9-/m0/s1. The summed E-state index contributed by atoms with van der Waals surface area (Å²) in [5.74, 6) is 0.198. The summed E-state index contributed by atoms with van der Waals surface area (Å²) < 4.78 is 4.90. The molecule has 0 aromatic carbocycles. The van der Waals surface area contributed by atoms with Gasteiger partial charge in [0.2, 0.25) is 5.76 Å². The molecule has 1 amide bonds. The minimum absolute atomic E-state index is 0.117. The van der Waals surface area contributed by atoms with Gasteiger partial charge >= 0.3 is 5.69 Å². The number of aromatic nitrogens is 3. The summed E-state index contributed by atoms with van der Waals surface area (Å²) >= 11 is 0. The maximum atomic E-state index is 12.2. The summed E-state index contributed by atoms with van der Waals surface area (Å²) in [5, 5.41) is 3.55. The number of carbonyl (C=O) groups is 1. The first-order valence-corrected chi connectivity index (χ1v) is 6.49. The van der Waals surface area contributed by atoms with Crippen molar-refractivity contribution in [3.8, 4) is 0 Å². The SMILES string of the molecule is O=C(c1ccno1)N1CCC[C@H](c2ccnc(=O)[nH]2)C1. The van der Waals surface area contributed by atoms with Crippen LogP contribution in [0.15, 0.2) is 33.8 Å². The molecule has 0 saturated carbocycles. The zero-order valence-corrected chi connectivity index (χ0v) is 10.8. The fraction of sp³-hybridized carbons (Fsp3) is 0.385. The third-order valence-electron chi connectivity index (χ3n) is 3.49. The van der Waals surface area contributed by atoms with Gasteiger partial charge in [-0.3, -0.25) is 4.79 Å². The number of hydrogen-bond acceptors (Lipinski definition) is 5. The number of nitrogens with zero attached hydrogens (tertiary/aromatic N) is 3. The number of rotatable bonds is 2. The first kappa shape index (κ1) is 12.6. The van der Waals surface area contributed by atoms with Gasteiger partial charge in [0.1, 0.15) is 0 Å². The van der Waals surface area contributed by atoms with Gasteiger partial charge in [0, 0.05) is 37.0 Å². The van der Waals surface area contributed by atoms with Crippen LogP contribution < -0.4 is 5.69 Å². The largest absolute Gasteiger partial charge is 0.351 e. The first-order valence-electron chi connectivity index (χ1n) is 6.49. The number of hydrogen-bond donors (Lipinski definition) is 1. The average molecular weight is 274 g/mol. The van der Waals surface area contributed by atoms with Crippen molar-refractivity contribution < 1.29 is 9.32 Å². The van der Waals surface area contributed by atoms with Crippen molar-refractivity contribution in [2.45, 2.75) is 18.8 Å². The van der Waals surface area contributed by atoms with Crippen LogP contribution in [0.5, 0.6) is 0 Å². The van der Waals surface area contributed by atoms with E-state index in [9.17, 15) is 9.59 Å². The van der Waals surface area contributed by atoms with Gasteiger partial charge in [0.15, 0.2) is 0 Å². The van der Waals surface area contributed by atoms with Crippen LogP contribution in [-0.2, 0) is 0 Å². The van der Waals surface area contributed by atoms with Gasteiger partial charge in [-0.1, -0.05) is 5.16 Å². The van der Waals surface area contributed by atoms with Gasteiger partial charge in [-0.05, 0) is 18.9 Å². The van der Waals surface area contributed by atoms with E-state index in [2.05, 4.69) is 15.1 Å². The molecule has 1 atom stereocenters. The molecule has 0 bridgehead atoms. The highest BCUT2D eigenvalue weighted by atomic mass is 16.5. The van der Waals surface area contributed by atoms with E-state index in [0.29, 0.717) is 13.1 Å². The Balaban J connectivity index is 1.77. The molecule has 1 saturated heterocycles. The minimum Gasteiger partial charge on any atom is -0.351 e. The molecular weight excluding hydrogens is 260 g/mol. The Kier molecular flexibility index (Phi) is 3.32. The van der Waals surface area contributed by atoms with Crippen molar-refractivity contribution in [3.63, 3.8) is 0 Å². The summed E-state index contributed by atoms with van der Waals surface area (Å²) in [6, 6.07) is 3.34. The molecule has 0 aliphatic carbocycles. The summed E-state index contributed by atoms with van der Waals surface area (Å²) in [6.07, 6.45) is 4.76. The molecule has 7 heteroatoms. The lowest BCUT2D eigenvalue weighted by Gasteiger charge is -2.31. The van der Waals surface area contributed by atoms with Crippen LogP contribution in [0, 0.1) is 0 Å². The molecule has 104 valence electrons. The lowest BCUT2D eigenvalue weighted by molar-refractivity contribution is 0.0664. The Hall–Kier alpha value is -2.44. The lowest BCUT2D eigenvalue weighted by atomic mass is 9.94. The number of likely N-dealkylation sites (tertiary alicyclic amines) is 1. The van der Waals surface area contributed by atoms with Crippen molar-refractivity contribution in [2.24, 2.45) is 0 Å². The van der Waals surface area contributed by atoms with Crippen LogP contribution in [0.25, 0.3) is 0 Å². The molecule has 0 spiro atoms.